The van der Waals surface area contributed by atoms with Crippen LogP contribution in [-0.4, -0.2) is 39.5 Å². The SMILES string of the molecule is COc1cc(C[NH+]2C[C@@H](C)O[C@@H](C)C2)cc(OC)c1. The number of rotatable bonds is 4. The Morgan fingerprint density at radius 1 is 1.05 bits per heavy atom. The molecule has 2 rings (SSSR count). The number of morpholine rings is 1. The van der Waals surface area contributed by atoms with Crippen molar-refractivity contribution in [2.75, 3.05) is 27.3 Å². The molecule has 4 heteroatoms. The van der Waals surface area contributed by atoms with E-state index in [2.05, 4.69) is 26.0 Å². The number of ether oxygens (including phenoxy) is 3. The van der Waals surface area contributed by atoms with Crippen molar-refractivity contribution in [2.24, 2.45) is 0 Å². The maximum atomic E-state index is 5.77. The molecule has 1 fully saturated rings. The van der Waals surface area contributed by atoms with Crippen LogP contribution in [0.2, 0.25) is 0 Å². The molecule has 1 aromatic rings. The Morgan fingerprint density at radius 3 is 2.05 bits per heavy atom. The first-order chi connectivity index (χ1) is 9.10. The van der Waals surface area contributed by atoms with Crippen molar-refractivity contribution in [3.63, 3.8) is 0 Å². The van der Waals surface area contributed by atoms with Crippen molar-refractivity contribution in [3.8, 4) is 11.5 Å². The molecule has 1 saturated heterocycles. The summed E-state index contributed by atoms with van der Waals surface area (Å²) in [5.74, 6) is 1.70. The first-order valence-corrected chi connectivity index (χ1v) is 6.81. The molecule has 0 bridgehead atoms. The van der Waals surface area contributed by atoms with Gasteiger partial charge in [-0.3, -0.25) is 0 Å². The number of quaternary nitrogens is 1. The molecular weight excluding hydrogens is 242 g/mol. The lowest BCUT2D eigenvalue weighted by atomic mass is 10.1. The molecule has 1 aliphatic rings. The Balaban J connectivity index is 2.09. The normalized spacial score (nSPS) is 27.1. The van der Waals surface area contributed by atoms with Crippen LogP contribution in [0.25, 0.3) is 0 Å². The van der Waals surface area contributed by atoms with Crippen LogP contribution in [0.15, 0.2) is 18.2 Å². The van der Waals surface area contributed by atoms with Crippen LogP contribution in [0.5, 0.6) is 11.5 Å². The number of hydrogen-bond donors (Lipinski definition) is 1. The van der Waals surface area contributed by atoms with Gasteiger partial charge in [0.1, 0.15) is 43.3 Å². The van der Waals surface area contributed by atoms with Crippen LogP contribution in [-0.2, 0) is 11.3 Å². The minimum absolute atomic E-state index is 0.325. The van der Waals surface area contributed by atoms with Crippen molar-refractivity contribution in [1.82, 2.24) is 0 Å². The summed E-state index contributed by atoms with van der Waals surface area (Å²) >= 11 is 0. The van der Waals surface area contributed by atoms with Gasteiger partial charge in [-0.2, -0.15) is 0 Å². The van der Waals surface area contributed by atoms with Gasteiger partial charge in [0.05, 0.1) is 14.2 Å². The first-order valence-electron chi connectivity index (χ1n) is 6.81. The molecule has 4 nitrogen and oxygen atoms in total. The van der Waals surface area contributed by atoms with Gasteiger partial charge in [0.25, 0.3) is 0 Å². The second-order valence-corrected chi connectivity index (χ2v) is 5.31. The molecule has 106 valence electrons. The zero-order valence-electron chi connectivity index (χ0n) is 12.2. The summed E-state index contributed by atoms with van der Waals surface area (Å²) in [5.41, 5.74) is 1.24. The molecular formula is C15H24NO3+. The van der Waals surface area contributed by atoms with Gasteiger partial charge >= 0.3 is 0 Å². The van der Waals surface area contributed by atoms with Gasteiger partial charge < -0.3 is 19.1 Å². The summed E-state index contributed by atoms with van der Waals surface area (Å²) in [5, 5.41) is 0. The highest BCUT2D eigenvalue weighted by Gasteiger charge is 2.25. The van der Waals surface area contributed by atoms with E-state index in [1.54, 1.807) is 19.1 Å². The third-order valence-corrected chi connectivity index (χ3v) is 3.48. The average Bonchev–Trinajstić information content (AvgIpc) is 2.37. The van der Waals surface area contributed by atoms with Crippen LogP contribution in [0, 0.1) is 0 Å². The topological polar surface area (TPSA) is 32.1 Å². The molecule has 0 saturated carbocycles. The second-order valence-electron chi connectivity index (χ2n) is 5.31. The smallest absolute Gasteiger partial charge is 0.123 e. The molecule has 0 amide bonds. The fourth-order valence-corrected chi connectivity index (χ4v) is 2.79. The monoisotopic (exact) mass is 266 g/mol. The summed E-state index contributed by atoms with van der Waals surface area (Å²) in [7, 11) is 3.37. The number of hydrogen-bond acceptors (Lipinski definition) is 3. The molecule has 1 unspecified atom stereocenters. The van der Waals surface area contributed by atoms with Gasteiger partial charge in [0, 0.05) is 11.6 Å². The molecule has 1 aromatic carbocycles. The van der Waals surface area contributed by atoms with E-state index in [1.807, 2.05) is 6.07 Å². The fourth-order valence-electron chi connectivity index (χ4n) is 2.79. The highest BCUT2D eigenvalue weighted by atomic mass is 16.5. The number of methoxy groups -OCH3 is 2. The van der Waals surface area contributed by atoms with E-state index in [1.165, 1.54) is 5.56 Å². The highest BCUT2D eigenvalue weighted by molar-refractivity contribution is 5.38. The van der Waals surface area contributed by atoms with Crippen LogP contribution in [0.4, 0.5) is 0 Å². The third kappa shape index (κ3) is 3.85. The summed E-state index contributed by atoms with van der Waals surface area (Å²) in [6.45, 7) is 7.35. The third-order valence-electron chi connectivity index (χ3n) is 3.48. The van der Waals surface area contributed by atoms with Gasteiger partial charge in [-0.05, 0) is 26.0 Å². The summed E-state index contributed by atoms with van der Waals surface area (Å²) < 4.78 is 16.4. The zero-order chi connectivity index (χ0) is 13.8. The molecule has 1 heterocycles. The van der Waals surface area contributed by atoms with Crippen LogP contribution in [0.3, 0.4) is 0 Å². The van der Waals surface area contributed by atoms with E-state index in [0.29, 0.717) is 12.2 Å². The Bertz CT molecular complexity index is 390. The summed E-state index contributed by atoms with van der Waals surface area (Å²) in [4.78, 5) is 1.54. The standard InChI is InChI=1S/C15H23NO3/c1-11-8-16(9-12(2)19-11)10-13-5-14(17-3)7-15(6-13)18-4/h5-7,11-12H,8-10H2,1-4H3/p+1/t11-,12+. The van der Waals surface area contributed by atoms with Gasteiger partial charge in [0.15, 0.2) is 0 Å². The zero-order valence-corrected chi connectivity index (χ0v) is 12.2. The first kappa shape index (κ1) is 14.2. The maximum Gasteiger partial charge on any atom is 0.123 e. The lowest BCUT2D eigenvalue weighted by Gasteiger charge is -2.32. The van der Waals surface area contributed by atoms with E-state index >= 15 is 0 Å². The molecule has 0 radical (unpaired) electrons. The highest BCUT2D eigenvalue weighted by Crippen LogP contribution is 2.22. The van der Waals surface area contributed by atoms with Crippen LogP contribution in [0.1, 0.15) is 19.4 Å². The molecule has 19 heavy (non-hydrogen) atoms. The molecule has 1 N–H and O–H groups in total. The summed E-state index contributed by atoms with van der Waals surface area (Å²) in [6, 6.07) is 6.07. The minimum Gasteiger partial charge on any atom is -0.497 e. The Morgan fingerprint density at radius 2 is 1.58 bits per heavy atom. The Hall–Kier alpha value is -1.26. The Labute approximate surface area is 115 Å². The second kappa shape index (κ2) is 6.26. The van der Waals surface area contributed by atoms with Gasteiger partial charge in [-0.25, -0.2) is 0 Å². The quantitative estimate of drug-likeness (QED) is 0.878. The van der Waals surface area contributed by atoms with Gasteiger partial charge in [-0.15, -0.1) is 0 Å². The van der Waals surface area contributed by atoms with Crippen molar-refractivity contribution >= 4 is 0 Å². The largest absolute Gasteiger partial charge is 0.497 e. The fraction of sp³-hybridized carbons (Fsp3) is 0.600. The predicted molar refractivity (Wildman–Crippen MR) is 74.0 cm³/mol. The van der Waals surface area contributed by atoms with Crippen molar-refractivity contribution in [2.45, 2.75) is 32.6 Å². The van der Waals surface area contributed by atoms with E-state index in [9.17, 15) is 0 Å². The number of nitrogens with one attached hydrogen (secondary N) is 1. The molecule has 0 aromatic heterocycles. The van der Waals surface area contributed by atoms with E-state index in [0.717, 1.165) is 31.1 Å². The van der Waals surface area contributed by atoms with E-state index in [4.69, 9.17) is 14.2 Å². The van der Waals surface area contributed by atoms with Gasteiger partial charge in [-0.1, -0.05) is 0 Å². The lowest BCUT2D eigenvalue weighted by Crippen LogP contribution is -3.14. The van der Waals surface area contributed by atoms with Crippen molar-refractivity contribution in [3.05, 3.63) is 23.8 Å². The van der Waals surface area contributed by atoms with Gasteiger partial charge in [0.2, 0.25) is 0 Å². The molecule has 0 spiro atoms. The summed E-state index contributed by atoms with van der Waals surface area (Å²) in [6.07, 6.45) is 0.650. The Kier molecular flexibility index (Phi) is 4.66. The van der Waals surface area contributed by atoms with Crippen LogP contribution < -0.4 is 14.4 Å². The average molecular weight is 266 g/mol. The predicted octanol–water partition coefficient (Wildman–Crippen LogP) is 0.896. The lowest BCUT2D eigenvalue weighted by molar-refractivity contribution is -0.928. The number of benzene rings is 1. The van der Waals surface area contributed by atoms with Crippen molar-refractivity contribution in [1.29, 1.82) is 0 Å². The van der Waals surface area contributed by atoms with Crippen LogP contribution >= 0.6 is 0 Å². The van der Waals surface area contributed by atoms with E-state index in [-0.39, 0.29) is 0 Å². The minimum atomic E-state index is 0.325. The molecule has 3 atom stereocenters. The molecule has 0 aliphatic carbocycles. The van der Waals surface area contributed by atoms with E-state index < -0.39 is 0 Å². The molecule has 1 aliphatic heterocycles. The van der Waals surface area contributed by atoms with Crippen molar-refractivity contribution < 1.29 is 19.1 Å². The maximum absolute atomic E-state index is 5.77.